The molecule has 1 aliphatic heterocycles. The normalized spacial score (nSPS) is 35.2. The molecule has 1 aliphatic carbocycles. The molecule has 2 nitrogen and oxygen atoms in total. The SMILES string of the molecule is COc1cccc([C@@H]2CCC[C@@H]3C(C)NC[C@@H]32)c1. The van der Waals surface area contributed by atoms with E-state index in [1.54, 1.807) is 7.11 Å². The number of rotatable bonds is 2. The van der Waals surface area contributed by atoms with Crippen LogP contribution in [0.4, 0.5) is 0 Å². The molecule has 1 saturated carbocycles. The second-order valence-corrected chi connectivity index (χ2v) is 5.84. The standard InChI is InChI=1S/C16H23NO/c1-11-14-7-4-8-15(16(14)10-17-11)12-5-3-6-13(9-12)18-2/h3,5-6,9,11,14-17H,4,7-8,10H2,1-2H3/t11?,14-,15+,16+/m1/s1. The van der Waals surface area contributed by atoms with Crippen molar-refractivity contribution < 1.29 is 4.74 Å². The van der Waals surface area contributed by atoms with Crippen molar-refractivity contribution in [3.63, 3.8) is 0 Å². The van der Waals surface area contributed by atoms with Gasteiger partial charge in [0.05, 0.1) is 7.11 Å². The van der Waals surface area contributed by atoms with E-state index >= 15 is 0 Å². The van der Waals surface area contributed by atoms with Gasteiger partial charge in [0, 0.05) is 6.04 Å². The van der Waals surface area contributed by atoms with Gasteiger partial charge in [-0.25, -0.2) is 0 Å². The van der Waals surface area contributed by atoms with E-state index in [1.807, 2.05) is 6.07 Å². The van der Waals surface area contributed by atoms with Crippen LogP contribution >= 0.6 is 0 Å². The second kappa shape index (κ2) is 4.93. The first-order valence-electron chi connectivity index (χ1n) is 7.17. The van der Waals surface area contributed by atoms with Crippen LogP contribution in [0, 0.1) is 11.8 Å². The molecule has 3 rings (SSSR count). The molecule has 98 valence electrons. The summed E-state index contributed by atoms with van der Waals surface area (Å²) in [6.45, 7) is 3.53. The fourth-order valence-corrected chi connectivity index (χ4v) is 3.97. The van der Waals surface area contributed by atoms with Gasteiger partial charge < -0.3 is 10.1 Å². The molecule has 4 atom stereocenters. The number of ether oxygens (including phenoxy) is 1. The number of fused-ring (bicyclic) bond motifs is 1. The van der Waals surface area contributed by atoms with Crippen molar-refractivity contribution in [1.29, 1.82) is 0 Å². The summed E-state index contributed by atoms with van der Waals surface area (Å²) in [7, 11) is 1.75. The van der Waals surface area contributed by atoms with Gasteiger partial charge in [-0.15, -0.1) is 0 Å². The number of methoxy groups -OCH3 is 1. The smallest absolute Gasteiger partial charge is 0.119 e. The number of nitrogens with one attached hydrogen (secondary N) is 1. The van der Waals surface area contributed by atoms with Crippen LogP contribution in [-0.4, -0.2) is 19.7 Å². The zero-order valence-corrected chi connectivity index (χ0v) is 11.4. The molecule has 0 bridgehead atoms. The van der Waals surface area contributed by atoms with Gasteiger partial charge in [-0.05, 0) is 61.8 Å². The van der Waals surface area contributed by atoms with Crippen molar-refractivity contribution in [1.82, 2.24) is 5.32 Å². The quantitative estimate of drug-likeness (QED) is 0.864. The molecule has 1 heterocycles. The highest BCUT2D eigenvalue weighted by Gasteiger charge is 2.40. The Morgan fingerprint density at radius 1 is 1.22 bits per heavy atom. The molecule has 1 unspecified atom stereocenters. The van der Waals surface area contributed by atoms with Gasteiger partial charge >= 0.3 is 0 Å². The summed E-state index contributed by atoms with van der Waals surface area (Å²) >= 11 is 0. The van der Waals surface area contributed by atoms with Gasteiger partial charge in [0.1, 0.15) is 5.75 Å². The van der Waals surface area contributed by atoms with E-state index in [1.165, 1.54) is 31.4 Å². The minimum atomic E-state index is 0.698. The minimum absolute atomic E-state index is 0.698. The lowest BCUT2D eigenvalue weighted by Gasteiger charge is -2.35. The molecule has 1 N–H and O–H groups in total. The van der Waals surface area contributed by atoms with Crippen molar-refractivity contribution >= 4 is 0 Å². The van der Waals surface area contributed by atoms with Crippen LogP contribution in [-0.2, 0) is 0 Å². The lowest BCUT2D eigenvalue weighted by Crippen LogP contribution is -2.28. The highest BCUT2D eigenvalue weighted by atomic mass is 16.5. The van der Waals surface area contributed by atoms with E-state index in [4.69, 9.17) is 4.74 Å². The van der Waals surface area contributed by atoms with Gasteiger partial charge in [0.15, 0.2) is 0 Å². The molecule has 2 aliphatic rings. The summed E-state index contributed by atoms with van der Waals surface area (Å²) in [4.78, 5) is 0. The maximum Gasteiger partial charge on any atom is 0.119 e. The Balaban J connectivity index is 1.86. The average molecular weight is 245 g/mol. The largest absolute Gasteiger partial charge is 0.497 e. The predicted molar refractivity (Wildman–Crippen MR) is 74.0 cm³/mol. The Morgan fingerprint density at radius 2 is 2.11 bits per heavy atom. The maximum absolute atomic E-state index is 5.36. The molecule has 2 fully saturated rings. The molecular weight excluding hydrogens is 222 g/mol. The van der Waals surface area contributed by atoms with E-state index in [0.29, 0.717) is 6.04 Å². The summed E-state index contributed by atoms with van der Waals surface area (Å²) in [5.41, 5.74) is 1.47. The summed E-state index contributed by atoms with van der Waals surface area (Å²) in [6.07, 6.45) is 4.11. The van der Waals surface area contributed by atoms with Crippen molar-refractivity contribution in [3.05, 3.63) is 29.8 Å². The first kappa shape index (κ1) is 12.0. The van der Waals surface area contributed by atoms with Crippen LogP contribution in [0.1, 0.15) is 37.7 Å². The Bertz CT molecular complexity index is 417. The number of hydrogen-bond donors (Lipinski definition) is 1. The third kappa shape index (κ3) is 2.03. The topological polar surface area (TPSA) is 21.3 Å². The molecule has 0 radical (unpaired) electrons. The molecule has 18 heavy (non-hydrogen) atoms. The summed E-state index contributed by atoms with van der Waals surface area (Å²) in [5, 5.41) is 3.66. The van der Waals surface area contributed by atoms with E-state index in [0.717, 1.165) is 23.5 Å². The predicted octanol–water partition coefficient (Wildman–Crippen LogP) is 3.19. The van der Waals surface area contributed by atoms with E-state index in [-0.39, 0.29) is 0 Å². The van der Waals surface area contributed by atoms with E-state index in [9.17, 15) is 0 Å². The molecule has 1 aromatic rings. The average Bonchev–Trinajstić information content (AvgIpc) is 2.81. The van der Waals surface area contributed by atoms with Crippen molar-refractivity contribution in [2.45, 2.75) is 38.1 Å². The van der Waals surface area contributed by atoms with Gasteiger partial charge in [-0.3, -0.25) is 0 Å². The molecule has 0 amide bonds. The van der Waals surface area contributed by atoms with E-state index < -0.39 is 0 Å². The zero-order valence-electron chi connectivity index (χ0n) is 11.4. The summed E-state index contributed by atoms with van der Waals surface area (Å²) in [6, 6.07) is 9.38. The molecule has 0 spiro atoms. The van der Waals surface area contributed by atoms with Crippen LogP contribution in [0.5, 0.6) is 5.75 Å². The fraction of sp³-hybridized carbons (Fsp3) is 0.625. The van der Waals surface area contributed by atoms with E-state index in [2.05, 4.69) is 30.4 Å². The summed E-state index contributed by atoms with van der Waals surface area (Å²) < 4.78 is 5.36. The van der Waals surface area contributed by atoms with Crippen LogP contribution in [0.15, 0.2) is 24.3 Å². The fourth-order valence-electron chi connectivity index (χ4n) is 3.97. The first-order chi connectivity index (χ1) is 8.79. The highest BCUT2D eigenvalue weighted by molar-refractivity contribution is 5.32. The zero-order chi connectivity index (χ0) is 12.5. The molecular formula is C16H23NO. The van der Waals surface area contributed by atoms with Gasteiger partial charge in [0.25, 0.3) is 0 Å². The van der Waals surface area contributed by atoms with Gasteiger partial charge in [0.2, 0.25) is 0 Å². The van der Waals surface area contributed by atoms with Crippen LogP contribution < -0.4 is 10.1 Å². The van der Waals surface area contributed by atoms with Crippen molar-refractivity contribution in [2.75, 3.05) is 13.7 Å². The monoisotopic (exact) mass is 245 g/mol. The Hall–Kier alpha value is -1.02. The first-order valence-corrected chi connectivity index (χ1v) is 7.17. The lowest BCUT2D eigenvalue weighted by atomic mass is 9.69. The Labute approximate surface area is 110 Å². The number of hydrogen-bond acceptors (Lipinski definition) is 2. The van der Waals surface area contributed by atoms with Crippen LogP contribution in [0.2, 0.25) is 0 Å². The number of benzene rings is 1. The molecule has 1 aromatic carbocycles. The maximum atomic E-state index is 5.36. The molecule has 2 heteroatoms. The van der Waals surface area contributed by atoms with Crippen molar-refractivity contribution in [3.8, 4) is 5.75 Å². The third-order valence-electron chi connectivity index (χ3n) is 4.96. The Morgan fingerprint density at radius 3 is 2.94 bits per heavy atom. The Kier molecular flexibility index (Phi) is 3.29. The van der Waals surface area contributed by atoms with Crippen LogP contribution in [0.25, 0.3) is 0 Å². The summed E-state index contributed by atoms with van der Waals surface area (Å²) in [5.74, 6) is 3.40. The third-order valence-corrected chi connectivity index (χ3v) is 4.96. The molecule has 1 saturated heterocycles. The van der Waals surface area contributed by atoms with Crippen molar-refractivity contribution in [2.24, 2.45) is 11.8 Å². The second-order valence-electron chi connectivity index (χ2n) is 5.84. The van der Waals surface area contributed by atoms with Crippen LogP contribution in [0.3, 0.4) is 0 Å². The van der Waals surface area contributed by atoms with Gasteiger partial charge in [-0.1, -0.05) is 18.6 Å². The highest BCUT2D eigenvalue weighted by Crippen LogP contribution is 2.45. The minimum Gasteiger partial charge on any atom is -0.497 e. The molecule has 0 aromatic heterocycles. The van der Waals surface area contributed by atoms with Gasteiger partial charge in [-0.2, -0.15) is 0 Å². The lowest BCUT2D eigenvalue weighted by molar-refractivity contribution is 0.236.